The number of hydrogen-bond donors (Lipinski definition) is 2. The van der Waals surface area contributed by atoms with Gasteiger partial charge in [-0.05, 0) is 35.4 Å². The first-order valence-corrected chi connectivity index (χ1v) is 11.4. The molecule has 0 amide bonds. The Kier molecular flexibility index (Phi) is 7.33. The second-order valence-electron chi connectivity index (χ2n) is 6.00. The summed E-state index contributed by atoms with van der Waals surface area (Å²) < 4.78 is 127. The topological polar surface area (TPSA) is 107 Å². The summed E-state index contributed by atoms with van der Waals surface area (Å²) in [6.45, 7) is 0. The lowest BCUT2D eigenvalue weighted by molar-refractivity contribution is -0.0504. The van der Waals surface area contributed by atoms with Crippen molar-refractivity contribution in [3.05, 3.63) is 59.7 Å². The predicted molar refractivity (Wildman–Crippen MR) is 101 cm³/mol. The van der Waals surface area contributed by atoms with Gasteiger partial charge in [0.15, 0.2) is 0 Å². The smallest absolute Gasteiger partial charge is 0.387 e. The molecule has 0 spiro atoms. The van der Waals surface area contributed by atoms with Crippen LogP contribution >= 0.6 is 12.6 Å². The van der Waals surface area contributed by atoms with E-state index in [9.17, 15) is 48.3 Å². The Morgan fingerprint density at radius 3 is 1.69 bits per heavy atom. The summed E-state index contributed by atoms with van der Waals surface area (Å²) in [5.74, 6) is -1.39. The molecule has 7 nitrogen and oxygen atoms in total. The summed E-state index contributed by atoms with van der Waals surface area (Å²) in [6.07, 6.45) is -1.50. The fourth-order valence-electron chi connectivity index (χ4n) is 2.18. The molecule has 2 rings (SSSR count). The predicted octanol–water partition coefficient (Wildman–Crippen LogP) is 3.85. The van der Waals surface area contributed by atoms with E-state index >= 15 is 0 Å². The Hall–Kier alpha value is -2.17. The first-order chi connectivity index (χ1) is 14.4. The van der Waals surface area contributed by atoms with E-state index in [1.54, 1.807) is 0 Å². The molecule has 1 N–H and O–H groups in total. The van der Waals surface area contributed by atoms with E-state index in [0.29, 0.717) is 0 Å². The number of aliphatic hydroxyl groups is 1. The SMILES string of the molecule is O=S(=O)(Oc1ccc([C@H](O)[C@H](S)c2cccc(OS(=O)(=O)C(F)(F)F)c2)cc1)C(F)(F)F. The fraction of sp³-hybridized carbons (Fsp3) is 0.250. The van der Waals surface area contributed by atoms with E-state index < -0.39 is 54.1 Å². The molecule has 2 aromatic carbocycles. The van der Waals surface area contributed by atoms with E-state index in [0.717, 1.165) is 42.5 Å². The van der Waals surface area contributed by atoms with Gasteiger partial charge in [0.05, 0.1) is 11.4 Å². The maximum absolute atomic E-state index is 12.5. The number of benzene rings is 2. The highest BCUT2D eigenvalue weighted by atomic mass is 32.2. The van der Waals surface area contributed by atoms with Crippen LogP contribution in [-0.4, -0.2) is 33.0 Å². The number of thiol groups is 1. The Morgan fingerprint density at radius 1 is 0.750 bits per heavy atom. The zero-order valence-corrected chi connectivity index (χ0v) is 17.7. The number of rotatable bonds is 7. The zero-order valence-electron chi connectivity index (χ0n) is 15.2. The van der Waals surface area contributed by atoms with Crippen LogP contribution < -0.4 is 8.37 Å². The molecule has 32 heavy (non-hydrogen) atoms. The van der Waals surface area contributed by atoms with Crippen LogP contribution in [0.2, 0.25) is 0 Å². The molecule has 0 aliphatic carbocycles. The molecular weight excluding hydrogens is 514 g/mol. The minimum atomic E-state index is -5.93. The molecule has 0 bridgehead atoms. The quantitative estimate of drug-likeness (QED) is 0.244. The van der Waals surface area contributed by atoms with Gasteiger partial charge in [-0.1, -0.05) is 24.3 Å². The van der Waals surface area contributed by atoms with E-state index in [1.165, 1.54) is 6.07 Å². The third-order valence-corrected chi connectivity index (χ3v) is 6.24. The van der Waals surface area contributed by atoms with Gasteiger partial charge in [-0.25, -0.2) is 0 Å². The molecule has 0 heterocycles. The highest BCUT2D eigenvalue weighted by Crippen LogP contribution is 2.37. The van der Waals surface area contributed by atoms with Gasteiger partial charge in [0, 0.05) is 0 Å². The number of alkyl halides is 6. The number of aliphatic hydroxyl groups excluding tert-OH is 1. The van der Waals surface area contributed by atoms with Gasteiger partial charge in [0.2, 0.25) is 0 Å². The monoisotopic (exact) mass is 526 g/mol. The maximum Gasteiger partial charge on any atom is 0.534 e. The highest BCUT2D eigenvalue weighted by molar-refractivity contribution is 7.88. The first kappa shape index (κ1) is 26.1. The summed E-state index contributed by atoms with van der Waals surface area (Å²) in [4.78, 5) is 0. The second kappa shape index (κ2) is 8.99. The van der Waals surface area contributed by atoms with Crippen molar-refractivity contribution in [1.82, 2.24) is 0 Å². The summed E-state index contributed by atoms with van der Waals surface area (Å²) >= 11 is 4.12. The molecule has 2 aromatic rings. The largest absolute Gasteiger partial charge is 0.534 e. The maximum atomic E-state index is 12.5. The molecule has 178 valence electrons. The average Bonchev–Trinajstić information content (AvgIpc) is 2.65. The third-order valence-electron chi connectivity index (χ3n) is 3.70. The number of hydrogen-bond acceptors (Lipinski definition) is 8. The summed E-state index contributed by atoms with van der Waals surface area (Å²) in [5, 5.41) is 9.24. The minimum Gasteiger partial charge on any atom is -0.387 e. The molecule has 16 heteroatoms. The standard InChI is InChI=1S/C16H12F6O7S3/c17-15(18,19)31(24,25)28-11-6-4-9(5-7-11)13(23)14(30)10-2-1-3-12(8-10)29-32(26,27)16(20,21)22/h1-8,13-14,23,30H/t13-,14+/m0/s1. The summed E-state index contributed by atoms with van der Waals surface area (Å²) in [5.41, 5.74) is -11.2. The molecule has 0 saturated carbocycles. The lowest BCUT2D eigenvalue weighted by Crippen LogP contribution is -2.28. The van der Waals surface area contributed by atoms with Crippen LogP contribution in [0.15, 0.2) is 48.5 Å². The lowest BCUT2D eigenvalue weighted by Gasteiger charge is -2.20. The van der Waals surface area contributed by atoms with Crippen molar-refractivity contribution < 1.29 is 56.7 Å². The Balaban J connectivity index is 2.20. The van der Waals surface area contributed by atoms with Crippen molar-refractivity contribution in [2.24, 2.45) is 0 Å². The van der Waals surface area contributed by atoms with Crippen LogP contribution in [0.3, 0.4) is 0 Å². The average molecular weight is 526 g/mol. The third kappa shape index (κ3) is 5.99. The van der Waals surface area contributed by atoms with E-state index in [1.807, 2.05) is 0 Å². The number of halogens is 6. The van der Waals surface area contributed by atoms with Crippen molar-refractivity contribution in [1.29, 1.82) is 0 Å². The molecule has 0 aliphatic heterocycles. The van der Waals surface area contributed by atoms with Crippen LogP contribution in [-0.2, 0) is 20.2 Å². The molecular formula is C16H12F6O7S3. The molecule has 0 radical (unpaired) electrons. The molecule has 2 atom stereocenters. The molecule has 0 fully saturated rings. The van der Waals surface area contributed by atoms with Gasteiger partial charge in [-0.2, -0.15) is 55.8 Å². The van der Waals surface area contributed by atoms with Crippen LogP contribution in [0.5, 0.6) is 11.5 Å². The highest BCUT2D eigenvalue weighted by Gasteiger charge is 2.49. The summed E-state index contributed by atoms with van der Waals surface area (Å²) in [7, 11) is -11.8. The Morgan fingerprint density at radius 2 is 1.22 bits per heavy atom. The van der Waals surface area contributed by atoms with Crippen LogP contribution in [0.1, 0.15) is 22.5 Å². The van der Waals surface area contributed by atoms with Gasteiger partial charge in [-0.3, -0.25) is 0 Å². The normalized spacial score (nSPS) is 15.1. The lowest BCUT2D eigenvalue weighted by atomic mass is 10.0. The molecule has 0 saturated heterocycles. The van der Waals surface area contributed by atoms with Crippen molar-refractivity contribution in [2.45, 2.75) is 22.4 Å². The van der Waals surface area contributed by atoms with Crippen LogP contribution in [0.25, 0.3) is 0 Å². The van der Waals surface area contributed by atoms with Gasteiger partial charge in [0.1, 0.15) is 11.5 Å². The molecule has 0 aliphatic rings. The van der Waals surface area contributed by atoms with Gasteiger partial charge >= 0.3 is 31.3 Å². The second-order valence-corrected chi connectivity index (χ2v) is 9.63. The Bertz CT molecular complexity index is 1160. The van der Waals surface area contributed by atoms with Crippen molar-refractivity contribution >= 4 is 32.9 Å². The Labute approximate surface area is 183 Å². The molecule has 0 unspecified atom stereocenters. The van der Waals surface area contributed by atoms with Crippen LogP contribution in [0.4, 0.5) is 26.3 Å². The van der Waals surface area contributed by atoms with Gasteiger partial charge < -0.3 is 13.5 Å². The van der Waals surface area contributed by atoms with E-state index in [2.05, 4.69) is 21.0 Å². The summed E-state index contributed by atoms with van der Waals surface area (Å²) in [6, 6.07) is 7.97. The van der Waals surface area contributed by atoms with Gasteiger partial charge in [-0.15, -0.1) is 0 Å². The van der Waals surface area contributed by atoms with Crippen molar-refractivity contribution in [2.75, 3.05) is 0 Å². The zero-order chi connectivity index (χ0) is 24.5. The minimum absolute atomic E-state index is 0.0241. The fourth-order valence-corrected chi connectivity index (χ4v) is 3.43. The van der Waals surface area contributed by atoms with E-state index in [-0.39, 0.29) is 11.1 Å². The van der Waals surface area contributed by atoms with Crippen molar-refractivity contribution in [3.8, 4) is 11.5 Å². The molecule has 0 aromatic heterocycles. The van der Waals surface area contributed by atoms with Crippen LogP contribution in [0, 0.1) is 0 Å². The first-order valence-electron chi connectivity index (χ1n) is 8.02. The van der Waals surface area contributed by atoms with Gasteiger partial charge in [0.25, 0.3) is 0 Å². The van der Waals surface area contributed by atoms with Crippen molar-refractivity contribution in [3.63, 3.8) is 0 Å². The van der Waals surface area contributed by atoms with E-state index in [4.69, 9.17) is 0 Å².